The minimum atomic E-state index is -0.953. The van der Waals surface area contributed by atoms with Crippen LogP contribution in [0, 0.1) is 29.9 Å². The van der Waals surface area contributed by atoms with Crippen LogP contribution < -0.4 is 11.2 Å². The van der Waals surface area contributed by atoms with Crippen molar-refractivity contribution in [2.75, 3.05) is 0 Å². The molecular weight excluding hydrogens is 256 g/mol. The van der Waals surface area contributed by atoms with Gasteiger partial charge in [-0.3, -0.25) is 14.3 Å². The molecule has 2 rings (SSSR count). The van der Waals surface area contributed by atoms with Gasteiger partial charge in [0, 0.05) is 12.3 Å². The lowest BCUT2D eigenvalue weighted by Crippen LogP contribution is -2.30. The van der Waals surface area contributed by atoms with E-state index in [1.807, 2.05) is 4.98 Å². The molecule has 0 unspecified atom stereocenters. The van der Waals surface area contributed by atoms with Gasteiger partial charge in [0.05, 0.1) is 5.69 Å². The number of H-pyrrole nitrogens is 1. The number of aryl methyl sites for hydroxylation is 1. The monoisotopic (exact) mass is 263 g/mol. The van der Waals surface area contributed by atoms with Crippen LogP contribution in [-0.2, 0) is 0 Å². The largest absolute Gasteiger partial charge is 0.333 e. The van der Waals surface area contributed by atoms with Crippen molar-refractivity contribution in [3.63, 3.8) is 0 Å². The second kappa shape index (κ2) is 4.49. The molecule has 1 N–H and O–H groups in total. The van der Waals surface area contributed by atoms with Crippen LogP contribution in [0.2, 0.25) is 0 Å². The first kappa shape index (κ1) is 12.7. The van der Waals surface area contributed by atoms with Crippen LogP contribution in [0.3, 0.4) is 0 Å². The molecule has 1 aromatic carbocycles. The molecule has 5 nitrogen and oxygen atoms in total. The molecule has 2 aromatic rings. The summed E-state index contributed by atoms with van der Waals surface area (Å²) in [5, 5.41) is 8.70. The van der Waals surface area contributed by atoms with Crippen molar-refractivity contribution in [3.8, 4) is 11.8 Å². The van der Waals surface area contributed by atoms with Crippen LogP contribution in [0.15, 0.2) is 27.9 Å². The minimum Gasteiger partial charge on any atom is -0.273 e. The summed E-state index contributed by atoms with van der Waals surface area (Å²) in [5.41, 5.74) is -2.50. The SMILES string of the molecule is Cc1cc(F)c(-n2cc(C#N)c(=O)[nH]c2=O)cc1F. The molecule has 0 atom stereocenters. The van der Waals surface area contributed by atoms with E-state index in [-0.39, 0.29) is 16.8 Å². The molecule has 0 aliphatic rings. The molecule has 0 aliphatic carbocycles. The Morgan fingerprint density at radius 1 is 1.26 bits per heavy atom. The number of aromatic amines is 1. The number of halogens is 2. The summed E-state index contributed by atoms with van der Waals surface area (Å²) in [4.78, 5) is 24.6. The van der Waals surface area contributed by atoms with Crippen molar-refractivity contribution >= 4 is 0 Å². The van der Waals surface area contributed by atoms with Crippen LogP contribution in [-0.4, -0.2) is 9.55 Å². The number of hydrogen-bond acceptors (Lipinski definition) is 3. The molecule has 19 heavy (non-hydrogen) atoms. The highest BCUT2D eigenvalue weighted by molar-refractivity contribution is 5.38. The minimum absolute atomic E-state index is 0.0826. The maximum Gasteiger partial charge on any atom is 0.333 e. The maximum atomic E-state index is 13.7. The number of nitriles is 1. The smallest absolute Gasteiger partial charge is 0.273 e. The molecule has 1 aromatic heterocycles. The molecule has 0 radical (unpaired) electrons. The Labute approximate surface area is 105 Å². The normalized spacial score (nSPS) is 10.2. The van der Waals surface area contributed by atoms with Gasteiger partial charge in [0.2, 0.25) is 0 Å². The molecule has 7 heteroatoms. The van der Waals surface area contributed by atoms with Crippen LogP contribution in [0.25, 0.3) is 5.69 Å². The third-order valence-corrected chi connectivity index (χ3v) is 2.55. The first-order chi connectivity index (χ1) is 8.93. The van der Waals surface area contributed by atoms with E-state index in [1.165, 1.54) is 6.92 Å². The highest BCUT2D eigenvalue weighted by atomic mass is 19.1. The van der Waals surface area contributed by atoms with Crippen LogP contribution >= 0.6 is 0 Å². The van der Waals surface area contributed by atoms with E-state index in [2.05, 4.69) is 0 Å². The van der Waals surface area contributed by atoms with Crippen molar-refractivity contribution in [3.05, 3.63) is 61.9 Å². The van der Waals surface area contributed by atoms with E-state index in [1.54, 1.807) is 6.07 Å². The van der Waals surface area contributed by atoms with Crippen molar-refractivity contribution in [2.24, 2.45) is 0 Å². The molecule has 96 valence electrons. The Kier molecular flexibility index (Phi) is 3.00. The van der Waals surface area contributed by atoms with Gasteiger partial charge in [-0.05, 0) is 18.6 Å². The summed E-state index contributed by atoms with van der Waals surface area (Å²) in [6, 6.07) is 3.31. The highest BCUT2D eigenvalue weighted by Crippen LogP contribution is 2.16. The van der Waals surface area contributed by atoms with Crippen LogP contribution in [0.4, 0.5) is 8.78 Å². The van der Waals surface area contributed by atoms with Gasteiger partial charge in [-0.1, -0.05) is 0 Å². The lowest BCUT2D eigenvalue weighted by atomic mass is 10.2. The van der Waals surface area contributed by atoms with E-state index in [0.29, 0.717) is 4.57 Å². The van der Waals surface area contributed by atoms with Gasteiger partial charge < -0.3 is 0 Å². The Morgan fingerprint density at radius 3 is 2.58 bits per heavy atom. The van der Waals surface area contributed by atoms with Gasteiger partial charge in [-0.15, -0.1) is 0 Å². The molecule has 0 spiro atoms. The zero-order chi connectivity index (χ0) is 14.2. The predicted octanol–water partition coefficient (Wildman–Crippen LogP) is 0.984. The Balaban J connectivity index is 2.80. The Bertz CT molecular complexity index is 815. The average Bonchev–Trinajstić information content (AvgIpc) is 2.35. The fourth-order valence-electron chi connectivity index (χ4n) is 1.55. The summed E-state index contributed by atoms with van der Waals surface area (Å²) < 4.78 is 27.8. The lowest BCUT2D eigenvalue weighted by Gasteiger charge is -2.08. The lowest BCUT2D eigenvalue weighted by molar-refractivity contribution is 0.582. The number of benzene rings is 1. The molecule has 0 saturated heterocycles. The summed E-state index contributed by atoms with van der Waals surface area (Å²) in [6.07, 6.45) is 0.869. The molecule has 0 amide bonds. The highest BCUT2D eigenvalue weighted by Gasteiger charge is 2.12. The second-order valence-electron chi connectivity index (χ2n) is 3.84. The summed E-state index contributed by atoms with van der Waals surface area (Å²) in [6.45, 7) is 1.37. The third kappa shape index (κ3) is 2.15. The summed E-state index contributed by atoms with van der Waals surface area (Å²) in [5.74, 6) is -1.54. The summed E-state index contributed by atoms with van der Waals surface area (Å²) in [7, 11) is 0. The number of nitrogens with one attached hydrogen (secondary N) is 1. The standard InChI is InChI=1S/C12H7F2N3O2/c1-6-2-9(14)10(3-8(6)13)17-5-7(4-15)11(18)16-12(17)19/h2-3,5H,1H3,(H,16,18,19). The number of aromatic nitrogens is 2. The molecule has 0 fully saturated rings. The predicted molar refractivity (Wildman–Crippen MR) is 62.0 cm³/mol. The fraction of sp³-hybridized carbons (Fsp3) is 0.0833. The number of hydrogen-bond donors (Lipinski definition) is 1. The topological polar surface area (TPSA) is 78.7 Å². The Morgan fingerprint density at radius 2 is 1.95 bits per heavy atom. The van der Waals surface area contributed by atoms with Gasteiger partial charge in [0.25, 0.3) is 5.56 Å². The van der Waals surface area contributed by atoms with Crippen LogP contribution in [0.5, 0.6) is 0 Å². The van der Waals surface area contributed by atoms with Gasteiger partial charge in [0.15, 0.2) is 0 Å². The van der Waals surface area contributed by atoms with Crippen molar-refractivity contribution < 1.29 is 8.78 Å². The third-order valence-electron chi connectivity index (χ3n) is 2.55. The van der Waals surface area contributed by atoms with Gasteiger partial charge in [-0.25, -0.2) is 13.6 Å². The van der Waals surface area contributed by atoms with Gasteiger partial charge >= 0.3 is 5.69 Å². The van der Waals surface area contributed by atoms with Gasteiger partial charge in [-0.2, -0.15) is 5.26 Å². The van der Waals surface area contributed by atoms with Gasteiger partial charge in [0.1, 0.15) is 23.3 Å². The first-order valence-corrected chi connectivity index (χ1v) is 5.16. The van der Waals surface area contributed by atoms with Crippen molar-refractivity contribution in [1.29, 1.82) is 5.26 Å². The number of rotatable bonds is 1. The fourth-order valence-corrected chi connectivity index (χ4v) is 1.55. The van der Waals surface area contributed by atoms with Crippen molar-refractivity contribution in [2.45, 2.75) is 6.92 Å². The zero-order valence-electron chi connectivity index (χ0n) is 9.70. The molecular formula is C12H7F2N3O2. The second-order valence-corrected chi connectivity index (χ2v) is 3.84. The maximum absolute atomic E-state index is 13.7. The Hall–Kier alpha value is -2.75. The quantitative estimate of drug-likeness (QED) is 0.833. The van der Waals surface area contributed by atoms with E-state index in [0.717, 1.165) is 18.3 Å². The summed E-state index contributed by atoms with van der Waals surface area (Å²) >= 11 is 0. The van der Waals surface area contributed by atoms with E-state index in [4.69, 9.17) is 5.26 Å². The zero-order valence-corrected chi connectivity index (χ0v) is 9.70. The van der Waals surface area contributed by atoms with Crippen molar-refractivity contribution in [1.82, 2.24) is 9.55 Å². The molecule has 0 bridgehead atoms. The van der Waals surface area contributed by atoms with E-state index in [9.17, 15) is 18.4 Å². The molecule has 1 heterocycles. The molecule has 0 saturated carbocycles. The van der Waals surface area contributed by atoms with E-state index >= 15 is 0 Å². The molecule has 0 aliphatic heterocycles. The van der Waals surface area contributed by atoms with Crippen LogP contribution in [0.1, 0.15) is 11.1 Å². The average molecular weight is 263 g/mol. The first-order valence-electron chi connectivity index (χ1n) is 5.16. The van der Waals surface area contributed by atoms with E-state index < -0.39 is 22.9 Å². The number of nitrogens with zero attached hydrogens (tertiary/aromatic N) is 2.